The van der Waals surface area contributed by atoms with Crippen molar-refractivity contribution in [2.75, 3.05) is 6.54 Å². The van der Waals surface area contributed by atoms with E-state index in [1.54, 1.807) is 0 Å². The minimum atomic E-state index is 0.260. The Balaban J connectivity index is 2.08. The summed E-state index contributed by atoms with van der Waals surface area (Å²) in [5.41, 5.74) is 3.78. The van der Waals surface area contributed by atoms with Gasteiger partial charge in [0.2, 0.25) is 0 Å². The summed E-state index contributed by atoms with van der Waals surface area (Å²) in [4.78, 5) is 0. The number of aromatic nitrogens is 3. The molecular formula is C15H21BrN4. The van der Waals surface area contributed by atoms with Crippen molar-refractivity contribution in [3.05, 3.63) is 45.7 Å². The summed E-state index contributed by atoms with van der Waals surface area (Å²) in [5, 5.41) is 11.7. The summed E-state index contributed by atoms with van der Waals surface area (Å²) in [6.45, 7) is 5.16. The number of halogens is 1. The predicted octanol–water partition coefficient (Wildman–Crippen LogP) is 3.17. The average molecular weight is 337 g/mol. The van der Waals surface area contributed by atoms with E-state index in [0.717, 1.165) is 29.7 Å². The van der Waals surface area contributed by atoms with E-state index < -0.39 is 0 Å². The van der Waals surface area contributed by atoms with E-state index in [-0.39, 0.29) is 6.04 Å². The first kappa shape index (κ1) is 15.2. The average Bonchev–Trinajstić information content (AvgIpc) is 2.76. The van der Waals surface area contributed by atoms with Crippen molar-refractivity contribution in [1.82, 2.24) is 20.3 Å². The number of hydrogen-bond acceptors (Lipinski definition) is 3. The van der Waals surface area contributed by atoms with Crippen LogP contribution >= 0.6 is 15.9 Å². The zero-order valence-electron chi connectivity index (χ0n) is 12.2. The zero-order chi connectivity index (χ0) is 14.5. The Kier molecular flexibility index (Phi) is 5.31. The van der Waals surface area contributed by atoms with Crippen LogP contribution in [-0.2, 0) is 13.5 Å². The third-order valence-corrected chi connectivity index (χ3v) is 4.01. The molecule has 0 aliphatic heterocycles. The monoisotopic (exact) mass is 336 g/mol. The lowest BCUT2D eigenvalue weighted by atomic mass is 10.0. The van der Waals surface area contributed by atoms with Crippen LogP contribution in [0.15, 0.2) is 28.9 Å². The first-order chi connectivity index (χ1) is 9.61. The topological polar surface area (TPSA) is 42.7 Å². The summed E-state index contributed by atoms with van der Waals surface area (Å²) in [6, 6.07) is 9.00. The van der Waals surface area contributed by atoms with Crippen molar-refractivity contribution < 1.29 is 0 Å². The Morgan fingerprint density at radius 1 is 1.30 bits per heavy atom. The summed E-state index contributed by atoms with van der Waals surface area (Å²) in [5.74, 6) is 0. The summed E-state index contributed by atoms with van der Waals surface area (Å²) >= 11 is 3.49. The molecule has 20 heavy (non-hydrogen) atoms. The van der Waals surface area contributed by atoms with Crippen LogP contribution < -0.4 is 5.32 Å². The maximum atomic E-state index is 4.08. The van der Waals surface area contributed by atoms with Crippen LogP contribution in [-0.4, -0.2) is 21.5 Å². The van der Waals surface area contributed by atoms with Crippen LogP contribution in [0.4, 0.5) is 0 Å². The van der Waals surface area contributed by atoms with E-state index >= 15 is 0 Å². The van der Waals surface area contributed by atoms with Gasteiger partial charge in [0.1, 0.15) is 0 Å². The summed E-state index contributed by atoms with van der Waals surface area (Å²) in [7, 11) is 1.93. The Labute approximate surface area is 128 Å². The van der Waals surface area contributed by atoms with Crippen LogP contribution in [0, 0.1) is 6.92 Å². The lowest BCUT2D eigenvalue weighted by Gasteiger charge is -2.18. The molecule has 0 saturated heterocycles. The third-order valence-electron chi connectivity index (χ3n) is 3.45. The third kappa shape index (κ3) is 3.67. The molecule has 108 valence electrons. The molecule has 0 fully saturated rings. The maximum absolute atomic E-state index is 4.08. The van der Waals surface area contributed by atoms with Gasteiger partial charge in [-0.15, -0.1) is 5.10 Å². The smallest absolute Gasteiger partial charge is 0.153 e. The minimum absolute atomic E-state index is 0.260. The van der Waals surface area contributed by atoms with E-state index in [9.17, 15) is 0 Å². The number of rotatable bonds is 6. The SMILES string of the molecule is CCNC(CCc1ccc(C)cc1)c1c(Br)nnn1C. The Bertz CT molecular complexity index is 528. The van der Waals surface area contributed by atoms with Gasteiger partial charge < -0.3 is 5.32 Å². The molecule has 0 bridgehead atoms. The molecule has 1 N–H and O–H groups in total. The Hall–Kier alpha value is -1.20. The molecule has 1 aromatic heterocycles. The number of hydrogen-bond donors (Lipinski definition) is 1. The van der Waals surface area contributed by atoms with Gasteiger partial charge in [0.05, 0.1) is 11.7 Å². The van der Waals surface area contributed by atoms with E-state index in [1.807, 2.05) is 11.7 Å². The first-order valence-electron chi connectivity index (χ1n) is 6.95. The van der Waals surface area contributed by atoms with Gasteiger partial charge in [-0.05, 0) is 47.8 Å². The van der Waals surface area contributed by atoms with Crippen molar-refractivity contribution in [2.45, 2.75) is 32.7 Å². The molecule has 0 amide bonds. The molecule has 2 rings (SSSR count). The first-order valence-corrected chi connectivity index (χ1v) is 7.75. The van der Waals surface area contributed by atoms with Crippen LogP contribution in [0.2, 0.25) is 0 Å². The van der Waals surface area contributed by atoms with Crippen molar-refractivity contribution in [2.24, 2.45) is 7.05 Å². The molecule has 5 heteroatoms. The molecule has 1 atom stereocenters. The highest BCUT2D eigenvalue weighted by atomic mass is 79.9. The largest absolute Gasteiger partial charge is 0.309 e. The Morgan fingerprint density at radius 3 is 2.55 bits per heavy atom. The van der Waals surface area contributed by atoms with Crippen LogP contribution in [0.3, 0.4) is 0 Å². The molecule has 0 aliphatic rings. The molecule has 4 nitrogen and oxygen atoms in total. The van der Waals surface area contributed by atoms with E-state index in [2.05, 4.69) is 69.7 Å². The highest BCUT2D eigenvalue weighted by Crippen LogP contribution is 2.24. The van der Waals surface area contributed by atoms with Crippen molar-refractivity contribution in [1.29, 1.82) is 0 Å². The highest BCUT2D eigenvalue weighted by Gasteiger charge is 2.19. The Morgan fingerprint density at radius 2 is 2.00 bits per heavy atom. The fourth-order valence-corrected chi connectivity index (χ4v) is 2.96. The highest BCUT2D eigenvalue weighted by molar-refractivity contribution is 9.10. The van der Waals surface area contributed by atoms with Gasteiger partial charge in [-0.2, -0.15) is 0 Å². The van der Waals surface area contributed by atoms with Gasteiger partial charge in [-0.25, -0.2) is 4.68 Å². The molecule has 1 heterocycles. The number of benzene rings is 1. The minimum Gasteiger partial charge on any atom is -0.309 e. The molecule has 1 aromatic carbocycles. The molecule has 0 radical (unpaired) electrons. The fraction of sp³-hybridized carbons (Fsp3) is 0.467. The number of nitrogens with zero attached hydrogens (tertiary/aromatic N) is 3. The van der Waals surface area contributed by atoms with Gasteiger partial charge >= 0.3 is 0 Å². The second kappa shape index (κ2) is 6.99. The van der Waals surface area contributed by atoms with Crippen LogP contribution in [0.1, 0.15) is 36.2 Å². The fourth-order valence-electron chi connectivity index (χ4n) is 2.36. The van der Waals surface area contributed by atoms with Crippen molar-refractivity contribution in [3.63, 3.8) is 0 Å². The van der Waals surface area contributed by atoms with Gasteiger partial charge in [0.15, 0.2) is 4.60 Å². The molecular weight excluding hydrogens is 316 g/mol. The van der Waals surface area contributed by atoms with Gasteiger partial charge in [-0.3, -0.25) is 0 Å². The van der Waals surface area contributed by atoms with Crippen LogP contribution in [0.25, 0.3) is 0 Å². The standard InChI is InChI=1S/C15H21BrN4/c1-4-17-13(14-15(16)18-19-20(14)3)10-9-12-7-5-11(2)6-8-12/h5-8,13,17H,4,9-10H2,1-3H3. The zero-order valence-corrected chi connectivity index (χ0v) is 13.8. The lowest BCUT2D eigenvalue weighted by molar-refractivity contribution is 0.478. The molecule has 0 aliphatic carbocycles. The van der Waals surface area contributed by atoms with E-state index in [4.69, 9.17) is 0 Å². The molecule has 0 saturated carbocycles. The van der Waals surface area contributed by atoms with Crippen LogP contribution in [0.5, 0.6) is 0 Å². The van der Waals surface area contributed by atoms with Gasteiger partial charge in [0.25, 0.3) is 0 Å². The molecule has 2 aromatic rings. The summed E-state index contributed by atoms with van der Waals surface area (Å²) in [6.07, 6.45) is 2.06. The lowest BCUT2D eigenvalue weighted by Crippen LogP contribution is -2.24. The van der Waals surface area contributed by atoms with Gasteiger partial charge in [0, 0.05) is 7.05 Å². The molecule has 1 unspecified atom stereocenters. The molecule has 0 spiro atoms. The number of nitrogens with one attached hydrogen (secondary N) is 1. The van der Waals surface area contributed by atoms with E-state index in [0.29, 0.717) is 0 Å². The number of aryl methyl sites for hydroxylation is 3. The van der Waals surface area contributed by atoms with Gasteiger partial charge in [-0.1, -0.05) is 42.0 Å². The van der Waals surface area contributed by atoms with E-state index in [1.165, 1.54) is 11.1 Å². The maximum Gasteiger partial charge on any atom is 0.153 e. The summed E-state index contributed by atoms with van der Waals surface area (Å²) < 4.78 is 2.67. The quantitative estimate of drug-likeness (QED) is 0.880. The van der Waals surface area contributed by atoms with Crippen molar-refractivity contribution >= 4 is 15.9 Å². The predicted molar refractivity (Wildman–Crippen MR) is 84.6 cm³/mol. The second-order valence-electron chi connectivity index (χ2n) is 5.02. The normalized spacial score (nSPS) is 12.6. The second-order valence-corrected chi connectivity index (χ2v) is 5.77. The van der Waals surface area contributed by atoms with Crippen molar-refractivity contribution in [3.8, 4) is 0 Å².